The van der Waals surface area contributed by atoms with Crippen LogP contribution in [0.1, 0.15) is 37.7 Å². The van der Waals surface area contributed by atoms with Crippen molar-refractivity contribution >= 4 is 17.6 Å². The molecule has 1 unspecified atom stereocenters. The lowest BCUT2D eigenvalue weighted by molar-refractivity contribution is 0.242. The molecule has 0 amide bonds. The Balaban J connectivity index is 1.27. The Hall–Kier alpha value is -2.05. The zero-order valence-electron chi connectivity index (χ0n) is 16.4. The average Bonchev–Trinajstić information content (AvgIpc) is 3.47. The monoisotopic (exact) mass is 400 g/mol. The van der Waals surface area contributed by atoms with Crippen LogP contribution in [0, 0.1) is 0 Å². The third-order valence-corrected chi connectivity index (χ3v) is 6.06. The summed E-state index contributed by atoms with van der Waals surface area (Å²) < 4.78 is 1.86. The molecule has 1 saturated heterocycles. The van der Waals surface area contributed by atoms with Crippen molar-refractivity contribution in [2.75, 3.05) is 20.1 Å². The predicted molar refractivity (Wildman–Crippen MR) is 114 cm³/mol. The first kappa shape index (κ1) is 19.3. The van der Waals surface area contributed by atoms with E-state index in [9.17, 15) is 0 Å². The molecule has 0 spiro atoms. The summed E-state index contributed by atoms with van der Waals surface area (Å²) in [7, 11) is 1.83. The van der Waals surface area contributed by atoms with Gasteiger partial charge in [0.1, 0.15) is 0 Å². The summed E-state index contributed by atoms with van der Waals surface area (Å²) in [6.07, 6.45) is 10.6. The lowest BCUT2D eigenvalue weighted by atomic mass is 10.2. The molecular formula is C21H29ClN6. The summed E-state index contributed by atoms with van der Waals surface area (Å²) in [6, 6.07) is 8.95. The van der Waals surface area contributed by atoms with Crippen molar-refractivity contribution in [3.05, 3.63) is 47.2 Å². The van der Waals surface area contributed by atoms with Crippen molar-refractivity contribution in [2.24, 2.45) is 4.99 Å². The zero-order valence-corrected chi connectivity index (χ0v) is 17.2. The number of aromatic nitrogens is 2. The molecule has 6 nitrogen and oxygen atoms in total. The van der Waals surface area contributed by atoms with Crippen LogP contribution in [0.3, 0.4) is 0 Å². The van der Waals surface area contributed by atoms with Crippen LogP contribution < -0.4 is 10.6 Å². The minimum absolute atomic E-state index is 0.476. The molecule has 1 aromatic heterocycles. The van der Waals surface area contributed by atoms with E-state index in [4.69, 9.17) is 11.6 Å². The largest absolute Gasteiger partial charge is 0.352 e. The van der Waals surface area contributed by atoms with E-state index in [1.54, 1.807) is 0 Å². The molecule has 1 aliphatic heterocycles. The molecular weight excluding hydrogens is 372 g/mol. The van der Waals surface area contributed by atoms with Crippen molar-refractivity contribution in [3.8, 4) is 5.69 Å². The number of guanidine groups is 1. The van der Waals surface area contributed by atoms with Crippen LogP contribution in [0.15, 0.2) is 41.7 Å². The molecule has 150 valence electrons. The van der Waals surface area contributed by atoms with Crippen LogP contribution in [0.25, 0.3) is 5.69 Å². The summed E-state index contributed by atoms with van der Waals surface area (Å²) in [5.74, 6) is 0.859. The normalized spacial score (nSPS) is 21.4. The van der Waals surface area contributed by atoms with Gasteiger partial charge in [-0.05, 0) is 43.5 Å². The fourth-order valence-corrected chi connectivity index (χ4v) is 4.39. The molecule has 1 saturated carbocycles. The first-order valence-corrected chi connectivity index (χ1v) is 10.6. The van der Waals surface area contributed by atoms with Gasteiger partial charge in [-0.3, -0.25) is 9.89 Å². The van der Waals surface area contributed by atoms with Crippen molar-refractivity contribution < 1.29 is 0 Å². The number of benzene rings is 1. The average molecular weight is 401 g/mol. The summed E-state index contributed by atoms with van der Waals surface area (Å²) in [6.45, 7) is 3.01. The van der Waals surface area contributed by atoms with Crippen LogP contribution in [0.4, 0.5) is 0 Å². The molecule has 2 fully saturated rings. The topological polar surface area (TPSA) is 57.5 Å². The highest BCUT2D eigenvalue weighted by Crippen LogP contribution is 2.26. The van der Waals surface area contributed by atoms with Crippen molar-refractivity contribution in [1.29, 1.82) is 0 Å². The van der Waals surface area contributed by atoms with Gasteiger partial charge in [0.2, 0.25) is 0 Å². The molecule has 1 aromatic carbocycles. The molecule has 4 rings (SSSR count). The molecule has 1 atom stereocenters. The van der Waals surface area contributed by atoms with E-state index in [-0.39, 0.29) is 0 Å². The molecule has 28 heavy (non-hydrogen) atoms. The van der Waals surface area contributed by atoms with E-state index in [1.807, 2.05) is 48.4 Å². The van der Waals surface area contributed by atoms with Gasteiger partial charge in [0.15, 0.2) is 5.96 Å². The van der Waals surface area contributed by atoms with Gasteiger partial charge in [0.05, 0.1) is 11.9 Å². The van der Waals surface area contributed by atoms with Gasteiger partial charge in [-0.2, -0.15) is 5.10 Å². The van der Waals surface area contributed by atoms with E-state index < -0.39 is 0 Å². The molecule has 0 bridgehead atoms. The molecule has 2 aromatic rings. The Morgan fingerprint density at radius 3 is 2.75 bits per heavy atom. The standard InChI is InChI=1S/C21H29ClN6/c1-23-21(26-18-10-11-27(15-18)19-4-2-3-5-19)24-12-16-13-25-28(14-16)20-8-6-17(22)7-9-20/h6-9,13-14,18-19H,2-5,10-12,15H2,1H3,(H2,23,24,26). The number of nitrogens with one attached hydrogen (secondary N) is 2. The molecule has 2 N–H and O–H groups in total. The van der Waals surface area contributed by atoms with Crippen molar-refractivity contribution in [1.82, 2.24) is 25.3 Å². The highest BCUT2D eigenvalue weighted by atomic mass is 35.5. The highest BCUT2D eigenvalue weighted by Gasteiger charge is 2.30. The van der Waals surface area contributed by atoms with Crippen molar-refractivity contribution in [3.63, 3.8) is 0 Å². The van der Waals surface area contributed by atoms with E-state index in [2.05, 4.69) is 25.6 Å². The third-order valence-electron chi connectivity index (χ3n) is 5.81. The third kappa shape index (κ3) is 4.67. The van der Waals surface area contributed by atoms with E-state index in [1.165, 1.54) is 38.6 Å². The Bertz CT molecular complexity index is 793. The second-order valence-electron chi connectivity index (χ2n) is 7.76. The summed E-state index contributed by atoms with van der Waals surface area (Å²) in [5.41, 5.74) is 2.10. The van der Waals surface area contributed by atoms with E-state index >= 15 is 0 Å². The number of aliphatic imine (C=N–C) groups is 1. The molecule has 2 heterocycles. The quantitative estimate of drug-likeness (QED) is 0.597. The minimum Gasteiger partial charge on any atom is -0.352 e. The van der Waals surface area contributed by atoms with Gasteiger partial charge in [-0.1, -0.05) is 24.4 Å². The smallest absolute Gasteiger partial charge is 0.191 e. The first-order valence-electron chi connectivity index (χ1n) is 10.2. The van der Waals surface area contributed by atoms with E-state index in [0.717, 1.165) is 34.8 Å². The number of hydrogen-bond acceptors (Lipinski definition) is 3. The Morgan fingerprint density at radius 2 is 2.00 bits per heavy atom. The van der Waals surface area contributed by atoms with Crippen LogP contribution in [-0.4, -0.2) is 52.9 Å². The van der Waals surface area contributed by atoms with Crippen LogP contribution >= 0.6 is 11.6 Å². The molecule has 0 radical (unpaired) electrons. The predicted octanol–water partition coefficient (Wildman–Crippen LogP) is 3.21. The molecule has 1 aliphatic carbocycles. The Morgan fingerprint density at radius 1 is 1.21 bits per heavy atom. The Kier molecular flexibility index (Phi) is 6.17. The molecule has 2 aliphatic rings. The summed E-state index contributed by atoms with van der Waals surface area (Å²) in [5, 5.41) is 12.2. The lowest BCUT2D eigenvalue weighted by Gasteiger charge is -2.24. The number of nitrogens with zero attached hydrogens (tertiary/aromatic N) is 4. The number of hydrogen-bond donors (Lipinski definition) is 2. The maximum atomic E-state index is 5.96. The number of halogens is 1. The number of likely N-dealkylation sites (tertiary alicyclic amines) is 1. The minimum atomic E-state index is 0.476. The van der Waals surface area contributed by atoms with Gasteiger partial charge in [-0.25, -0.2) is 4.68 Å². The fourth-order valence-electron chi connectivity index (χ4n) is 4.27. The van der Waals surface area contributed by atoms with Crippen LogP contribution in [0.2, 0.25) is 5.02 Å². The lowest BCUT2D eigenvalue weighted by Crippen LogP contribution is -2.45. The van der Waals surface area contributed by atoms with Gasteiger partial charge in [-0.15, -0.1) is 0 Å². The fraction of sp³-hybridized carbons (Fsp3) is 0.524. The number of rotatable bonds is 5. The second kappa shape index (κ2) is 8.97. The maximum absolute atomic E-state index is 5.96. The van der Waals surface area contributed by atoms with E-state index in [0.29, 0.717) is 12.6 Å². The van der Waals surface area contributed by atoms with Crippen LogP contribution in [0.5, 0.6) is 0 Å². The van der Waals surface area contributed by atoms with Gasteiger partial charge in [0, 0.05) is 55.5 Å². The maximum Gasteiger partial charge on any atom is 0.191 e. The Labute approximate surface area is 172 Å². The SMILES string of the molecule is CN=C(NCc1cnn(-c2ccc(Cl)cc2)c1)NC1CCN(C2CCCC2)C1. The summed E-state index contributed by atoms with van der Waals surface area (Å²) >= 11 is 5.96. The van der Waals surface area contributed by atoms with Gasteiger partial charge >= 0.3 is 0 Å². The van der Waals surface area contributed by atoms with Gasteiger partial charge < -0.3 is 10.6 Å². The molecule has 7 heteroatoms. The first-order chi connectivity index (χ1) is 13.7. The highest BCUT2D eigenvalue weighted by molar-refractivity contribution is 6.30. The van der Waals surface area contributed by atoms with Crippen LogP contribution in [-0.2, 0) is 6.54 Å². The van der Waals surface area contributed by atoms with Gasteiger partial charge in [0.25, 0.3) is 0 Å². The zero-order chi connectivity index (χ0) is 19.3. The van der Waals surface area contributed by atoms with Crippen molar-refractivity contribution in [2.45, 2.75) is 50.7 Å². The summed E-state index contributed by atoms with van der Waals surface area (Å²) in [4.78, 5) is 7.06. The second-order valence-corrected chi connectivity index (χ2v) is 8.19.